The molecule has 0 aliphatic heterocycles. The van der Waals surface area contributed by atoms with E-state index in [4.69, 9.17) is 0 Å². The highest BCUT2D eigenvalue weighted by Gasteiger charge is 2.18. The summed E-state index contributed by atoms with van der Waals surface area (Å²) in [7, 11) is 0. The Morgan fingerprint density at radius 2 is 2.15 bits per heavy atom. The SMILES string of the molecule is CC(C)c1nc(C(C)Nc2ncccc2[N+](=O)[O-])cs1. The van der Waals surface area contributed by atoms with Crippen LogP contribution < -0.4 is 5.32 Å². The zero-order valence-electron chi connectivity index (χ0n) is 11.5. The lowest BCUT2D eigenvalue weighted by molar-refractivity contribution is -0.384. The Morgan fingerprint density at radius 3 is 2.75 bits per heavy atom. The number of aromatic nitrogens is 2. The summed E-state index contributed by atoms with van der Waals surface area (Å²) in [5, 5.41) is 17.0. The van der Waals surface area contributed by atoms with Gasteiger partial charge in [-0.1, -0.05) is 13.8 Å². The van der Waals surface area contributed by atoms with Gasteiger partial charge in [0.05, 0.1) is 21.7 Å². The number of thiazole rings is 1. The number of nitrogens with zero attached hydrogens (tertiary/aromatic N) is 3. The van der Waals surface area contributed by atoms with Gasteiger partial charge in [0, 0.05) is 23.6 Å². The van der Waals surface area contributed by atoms with Crippen molar-refractivity contribution in [2.24, 2.45) is 0 Å². The second kappa shape index (κ2) is 5.96. The molecule has 0 spiro atoms. The van der Waals surface area contributed by atoms with E-state index in [0.717, 1.165) is 10.7 Å². The molecule has 20 heavy (non-hydrogen) atoms. The van der Waals surface area contributed by atoms with Crippen molar-refractivity contribution in [3.05, 3.63) is 44.5 Å². The Bertz CT molecular complexity index is 612. The van der Waals surface area contributed by atoms with Gasteiger partial charge in [-0.25, -0.2) is 9.97 Å². The van der Waals surface area contributed by atoms with Gasteiger partial charge in [0.2, 0.25) is 5.82 Å². The van der Waals surface area contributed by atoms with Crippen LogP contribution in [0.15, 0.2) is 23.7 Å². The normalized spacial score (nSPS) is 12.4. The second-order valence-corrected chi connectivity index (χ2v) is 5.65. The van der Waals surface area contributed by atoms with Crippen LogP contribution in [0, 0.1) is 10.1 Å². The average molecular weight is 292 g/mol. The molecule has 0 fully saturated rings. The van der Waals surface area contributed by atoms with E-state index in [1.807, 2.05) is 12.3 Å². The lowest BCUT2D eigenvalue weighted by Crippen LogP contribution is -2.10. The molecule has 0 radical (unpaired) electrons. The summed E-state index contributed by atoms with van der Waals surface area (Å²) < 4.78 is 0. The predicted octanol–water partition coefficient (Wildman–Crippen LogP) is 3.74. The van der Waals surface area contributed by atoms with Crippen LogP contribution in [0.4, 0.5) is 11.5 Å². The van der Waals surface area contributed by atoms with E-state index in [9.17, 15) is 10.1 Å². The van der Waals surface area contributed by atoms with Crippen molar-refractivity contribution in [1.82, 2.24) is 9.97 Å². The summed E-state index contributed by atoms with van der Waals surface area (Å²) in [4.78, 5) is 19.1. The number of nitro groups is 1. The summed E-state index contributed by atoms with van der Waals surface area (Å²) in [5.74, 6) is 0.647. The maximum Gasteiger partial charge on any atom is 0.311 e. The molecule has 106 valence electrons. The smallest absolute Gasteiger partial charge is 0.311 e. The second-order valence-electron chi connectivity index (χ2n) is 4.76. The summed E-state index contributed by atoms with van der Waals surface area (Å²) in [6.07, 6.45) is 1.53. The van der Waals surface area contributed by atoms with Crippen LogP contribution >= 0.6 is 11.3 Å². The van der Waals surface area contributed by atoms with Gasteiger partial charge in [-0.15, -0.1) is 11.3 Å². The van der Waals surface area contributed by atoms with Gasteiger partial charge in [0.25, 0.3) is 0 Å². The van der Waals surface area contributed by atoms with E-state index in [-0.39, 0.29) is 17.5 Å². The molecule has 2 heterocycles. The van der Waals surface area contributed by atoms with E-state index in [0.29, 0.717) is 5.92 Å². The minimum atomic E-state index is -0.442. The molecule has 1 unspecified atom stereocenters. The Kier molecular flexibility index (Phi) is 4.29. The van der Waals surface area contributed by atoms with E-state index in [2.05, 4.69) is 29.1 Å². The number of hydrogen-bond acceptors (Lipinski definition) is 6. The summed E-state index contributed by atoms with van der Waals surface area (Å²) in [6, 6.07) is 2.85. The van der Waals surface area contributed by atoms with Gasteiger partial charge < -0.3 is 5.32 Å². The van der Waals surface area contributed by atoms with E-state index in [1.165, 1.54) is 12.3 Å². The van der Waals surface area contributed by atoms with Crippen molar-refractivity contribution in [3.8, 4) is 0 Å². The minimum Gasteiger partial charge on any atom is -0.356 e. The van der Waals surface area contributed by atoms with Gasteiger partial charge in [0.15, 0.2) is 0 Å². The molecule has 1 N–H and O–H groups in total. The van der Waals surface area contributed by atoms with Crippen LogP contribution in [0.3, 0.4) is 0 Å². The van der Waals surface area contributed by atoms with E-state index in [1.54, 1.807) is 17.4 Å². The molecule has 2 rings (SSSR count). The maximum absolute atomic E-state index is 10.9. The topological polar surface area (TPSA) is 81.0 Å². The lowest BCUT2D eigenvalue weighted by Gasteiger charge is -2.12. The predicted molar refractivity (Wildman–Crippen MR) is 79.1 cm³/mol. The highest BCUT2D eigenvalue weighted by atomic mass is 32.1. The molecule has 0 aliphatic rings. The van der Waals surface area contributed by atoms with Crippen molar-refractivity contribution < 1.29 is 4.92 Å². The Hall–Kier alpha value is -2.02. The van der Waals surface area contributed by atoms with Crippen molar-refractivity contribution in [2.75, 3.05) is 5.32 Å². The third-order valence-electron chi connectivity index (χ3n) is 2.81. The molecule has 1 atom stereocenters. The van der Waals surface area contributed by atoms with Crippen molar-refractivity contribution >= 4 is 22.8 Å². The van der Waals surface area contributed by atoms with Crippen LogP contribution in [0.1, 0.15) is 43.4 Å². The zero-order valence-corrected chi connectivity index (χ0v) is 12.3. The number of pyridine rings is 1. The molecule has 0 amide bonds. The first-order valence-corrected chi connectivity index (χ1v) is 7.18. The molecular formula is C13H16N4O2S. The number of rotatable bonds is 5. The average Bonchev–Trinajstić information content (AvgIpc) is 2.89. The molecule has 0 saturated carbocycles. The number of anilines is 1. The van der Waals surface area contributed by atoms with Gasteiger partial charge in [0.1, 0.15) is 0 Å². The highest BCUT2D eigenvalue weighted by molar-refractivity contribution is 7.09. The van der Waals surface area contributed by atoms with Crippen molar-refractivity contribution in [1.29, 1.82) is 0 Å². The Balaban J connectivity index is 2.19. The largest absolute Gasteiger partial charge is 0.356 e. The molecule has 6 nitrogen and oxygen atoms in total. The minimum absolute atomic E-state index is 0.0290. The molecule has 2 aromatic heterocycles. The summed E-state index contributed by atoms with van der Waals surface area (Å²) in [5.41, 5.74) is 0.845. The fourth-order valence-corrected chi connectivity index (χ4v) is 2.63. The van der Waals surface area contributed by atoms with Crippen LogP contribution in [-0.4, -0.2) is 14.9 Å². The maximum atomic E-state index is 10.9. The van der Waals surface area contributed by atoms with E-state index < -0.39 is 4.92 Å². The monoisotopic (exact) mass is 292 g/mol. The van der Waals surface area contributed by atoms with Gasteiger partial charge in [-0.2, -0.15) is 0 Å². The summed E-state index contributed by atoms with van der Waals surface area (Å²) >= 11 is 1.60. The van der Waals surface area contributed by atoms with Gasteiger partial charge in [-0.3, -0.25) is 10.1 Å². The van der Waals surface area contributed by atoms with Crippen LogP contribution in [-0.2, 0) is 0 Å². The Morgan fingerprint density at radius 1 is 1.40 bits per heavy atom. The van der Waals surface area contributed by atoms with Crippen LogP contribution in [0.2, 0.25) is 0 Å². The van der Waals surface area contributed by atoms with Crippen LogP contribution in [0.25, 0.3) is 0 Å². The first-order valence-electron chi connectivity index (χ1n) is 6.30. The fourth-order valence-electron chi connectivity index (χ4n) is 1.70. The van der Waals surface area contributed by atoms with Gasteiger partial charge >= 0.3 is 5.69 Å². The quantitative estimate of drug-likeness (QED) is 0.670. The lowest BCUT2D eigenvalue weighted by atomic mass is 10.2. The standard InChI is InChI=1S/C13H16N4O2S/c1-8(2)13-16-10(7-20-13)9(3)15-12-11(17(18)19)5-4-6-14-12/h4-9H,1-3H3,(H,14,15). The molecule has 0 aliphatic carbocycles. The summed E-state index contributed by atoms with van der Waals surface area (Å²) in [6.45, 7) is 6.09. The zero-order chi connectivity index (χ0) is 14.7. The Labute approximate surface area is 121 Å². The molecule has 0 bridgehead atoms. The van der Waals surface area contributed by atoms with Gasteiger partial charge in [-0.05, 0) is 13.0 Å². The molecule has 2 aromatic rings. The van der Waals surface area contributed by atoms with Crippen LogP contribution in [0.5, 0.6) is 0 Å². The molecule has 0 aromatic carbocycles. The molecule has 7 heteroatoms. The molecular weight excluding hydrogens is 276 g/mol. The first-order chi connectivity index (χ1) is 9.49. The van der Waals surface area contributed by atoms with Crippen molar-refractivity contribution in [2.45, 2.75) is 32.7 Å². The third-order valence-corrected chi connectivity index (χ3v) is 3.98. The van der Waals surface area contributed by atoms with E-state index >= 15 is 0 Å². The third kappa shape index (κ3) is 3.11. The first kappa shape index (κ1) is 14.4. The number of hydrogen-bond donors (Lipinski definition) is 1. The highest BCUT2D eigenvalue weighted by Crippen LogP contribution is 2.27. The van der Waals surface area contributed by atoms with Crippen molar-refractivity contribution in [3.63, 3.8) is 0 Å². The number of nitrogens with one attached hydrogen (secondary N) is 1. The molecule has 0 saturated heterocycles. The fraction of sp³-hybridized carbons (Fsp3) is 0.385.